The number of nitro benzene ring substituents is 1. The van der Waals surface area contributed by atoms with Gasteiger partial charge in [0.1, 0.15) is 28.0 Å². The third-order valence-corrected chi connectivity index (χ3v) is 5.72. The monoisotopic (exact) mass is 479 g/mol. The number of non-ortho nitro benzene ring substituents is 1. The number of methoxy groups -OCH3 is 1. The average molecular weight is 479 g/mol. The van der Waals surface area contributed by atoms with Crippen molar-refractivity contribution in [2.45, 2.75) is 4.90 Å². The molecule has 11 heteroatoms. The van der Waals surface area contributed by atoms with Crippen molar-refractivity contribution < 1.29 is 27.1 Å². The number of anilines is 1. The second kappa shape index (κ2) is 10.3. The van der Waals surface area contributed by atoms with Gasteiger partial charge in [-0.25, -0.2) is 0 Å². The molecule has 1 N–H and O–H groups in total. The Hall–Kier alpha value is -4.69. The first kappa shape index (κ1) is 24.0. The van der Waals surface area contributed by atoms with Gasteiger partial charge in [-0.1, -0.05) is 18.2 Å². The van der Waals surface area contributed by atoms with Crippen LogP contribution in [-0.4, -0.2) is 26.4 Å². The SMILES string of the molecule is COc1ccc(NC(=O)/C(C#N)=C/c2ccccc2OS(=O)(=O)c2ccc([N+](=O)[O-])cc2)cc1. The molecule has 0 radical (unpaired) electrons. The van der Waals surface area contributed by atoms with Crippen LogP contribution in [0.4, 0.5) is 11.4 Å². The number of hydrogen-bond acceptors (Lipinski definition) is 8. The predicted molar refractivity (Wildman–Crippen MR) is 123 cm³/mol. The van der Waals surface area contributed by atoms with Crippen molar-refractivity contribution >= 4 is 33.5 Å². The van der Waals surface area contributed by atoms with Gasteiger partial charge in [-0.2, -0.15) is 13.7 Å². The Labute approximate surface area is 194 Å². The third-order valence-electron chi connectivity index (χ3n) is 4.47. The highest BCUT2D eigenvalue weighted by molar-refractivity contribution is 7.87. The number of nitriles is 1. The first-order valence-electron chi connectivity index (χ1n) is 9.58. The molecule has 0 saturated heterocycles. The van der Waals surface area contributed by atoms with Crippen LogP contribution in [0.1, 0.15) is 5.56 Å². The zero-order valence-corrected chi connectivity index (χ0v) is 18.5. The molecule has 0 atom stereocenters. The number of nitrogens with one attached hydrogen (secondary N) is 1. The third kappa shape index (κ3) is 5.76. The van der Waals surface area contributed by atoms with Crippen molar-refractivity contribution in [2.24, 2.45) is 0 Å². The molecule has 1 amide bonds. The minimum Gasteiger partial charge on any atom is -0.497 e. The minimum absolute atomic E-state index is 0.133. The summed E-state index contributed by atoms with van der Waals surface area (Å²) in [6.45, 7) is 0. The molecule has 0 unspecified atom stereocenters. The highest BCUT2D eigenvalue weighted by atomic mass is 32.2. The molecule has 0 heterocycles. The second-order valence-electron chi connectivity index (χ2n) is 6.68. The van der Waals surface area contributed by atoms with Gasteiger partial charge in [0.05, 0.1) is 12.0 Å². The second-order valence-corrected chi connectivity index (χ2v) is 8.23. The fourth-order valence-electron chi connectivity index (χ4n) is 2.75. The van der Waals surface area contributed by atoms with Gasteiger partial charge in [0.2, 0.25) is 0 Å². The number of nitro groups is 1. The summed E-state index contributed by atoms with van der Waals surface area (Å²) >= 11 is 0. The van der Waals surface area contributed by atoms with E-state index in [1.807, 2.05) is 0 Å². The van der Waals surface area contributed by atoms with E-state index in [4.69, 9.17) is 8.92 Å². The number of benzene rings is 3. The molecule has 0 fully saturated rings. The first-order valence-corrected chi connectivity index (χ1v) is 11.0. The maximum atomic E-state index is 12.7. The zero-order chi connectivity index (χ0) is 24.7. The van der Waals surface area contributed by atoms with Gasteiger partial charge in [-0.05, 0) is 48.5 Å². The summed E-state index contributed by atoms with van der Waals surface area (Å²) < 4.78 is 35.5. The molecule has 0 saturated carbocycles. The number of carbonyl (C=O) groups excluding carboxylic acids is 1. The number of amides is 1. The number of carbonyl (C=O) groups is 1. The molecule has 34 heavy (non-hydrogen) atoms. The van der Waals surface area contributed by atoms with Gasteiger partial charge in [-0.3, -0.25) is 14.9 Å². The zero-order valence-electron chi connectivity index (χ0n) is 17.7. The van der Waals surface area contributed by atoms with Gasteiger partial charge in [0.15, 0.2) is 0 Å². The van der Waals surface area contributed by atoms with Crippen molar-refractivity contribution in [3.8, 4) is 17.6 Å². The topological polar surface area (TPSA) is 149 Å². The first-order chi connectivity index (χ1) is 16.2. The van der Waals surface area contributed by atoms with Crippen molar-refractivity contribution in [3.05, 3.63) is 94.0 Å². The van der Waals surface area contributed by atoms with E-state index in [-0.39, 0.29) is 27.5 Å². The van der Waals surface area contributed by atoms with Crippen LogP contribution in [0.3, 0.4) is 0 Å². The van der Waals surface area contributed by atoms with Crippen LogP contribution in [0.25, 0.3) is 6.08 Å². The van der Waals surface area contributed by atoms with E-state index in [0.29, 0.717) is 11.4 Å². The lowest BCUT2D eigenvalue weighted by Gasteiger charge is -2.10. The van der Waals surface area contributed by atoms with Gasteiger partial charge < -0.3 is 14.2 Å². The summed E-state index contributed by atoms with van der Waals surface area (Å²) in [6, 6.07) is 18.4. The summed E-state index contributed by atoms with van der Waals surface area (Å²) in [7, 11) is -2.84. The summed E-state index contributed by atoms with van der Waals surface area (Å²) in [5.74, 6) is -0.249. The largest absolute Gasteiger partial charge is 0.497 e. The molecule has 10 nitrogen and oxygen atoms in total. The van der Waals surface area contributed by atoms with E-state index in [1.54, 1.807) is 36.4 Å². The molecule has 0 bridgehead atoms. The maximum Gasteiger partial charge on any atom is 0.339 e. The van der Waals surface area contributed by atoms with E-state index < -0.39 is 20.9 Å². The van der Waals surface area contributed by atoms with Crippen LogP contribution in [-0.2, 0) is 14.9 Å². The summed E-state index contributed by atoms with van der Waals surface area (Å²) in [6.07, 6.45) is 1.19. The Morgan fingerprint density at radius 3 is 2.29 bits per heavy atom. The lowest BCUT2D eigenvalue weighted by molar-refractivity contribution is -0.384. The number of para-hydroxylation sites is 1. The van der Waals surface area contributed by atoms with Gasteiger partial charge in [-0.15, -0.1) is 0 Å². The van der Waals surface area contributed by atoms with E-state index in [0.717, 1.165) is 24.3 Å². The van der Waals surface area contributed by atoms with Gasteiger partial charge in [0.25, 0.3) is 11.6 Å². The lowest BCUT2D eigenvalue weighted by Crippen LogP contribution is -2.14. The molecule has 0 spiro atoms. The molecule has 0 aliphatic carbocycles. The molecule has 3 aromatic carbocycles. The van der Waals surface area contributed by atoms with Crippen molar-refractivity contribution in [1.29, 1.82) is 5.26 Å². The predicted octanol–water partition coefficient (Wildman–Crippen LogP) is 3.92. The Morgan fingerprint density at radius 1 is 1.06 bits per heavy atom. The van der Waals surface area contributed by atoms with Crippen molar-refractivity contribution in [1.82, 2.24) is 0 Å². The Bertz CT molecular complexity index is 1390. The van der Waals surface area contributed by atoms with Crippen molar-refractivity contribution in [3.63, 3.8) is 0 Å². The summed E-state index contributed by atoms with van der Waals surface area (Å²) in [5, 5.41) is 22.8. The number of rotatable bonds is 8. The van der Waals surface area contributed by atoms with Crippen LogP contribution in [0.15, 0.2) is 83.3 Å². The fraction of sp³-hybridized carbons (Fsp3) is 0.0435. The van der Waals surface area contributed by atoms with Gasteiger partial charge >= 0.3 is 10.1 Å². The number of hydrogen-bond donors (Lipinski definition) is 1. The minimum atomic E-state index is -4.34. The highest BCUT2D eigenvalue weighted by Crippen LogP contribution is 2.26. The van der Waals surface area contributed by atoms with Crippen LogP contribution in [0.2, 0.25) is 0 Å². The molecular weight excluding hydrogens is 462 g/mol. The van der Waals surface area contributed by atoms with E-state index in [2.05, 4.69) is 5.32 Å². The van der Waals surface area contributed by atoms with Crippen LogP contribution < -0.4 is 14.2 Å². The lowest BCUT2D eigenvalue weighted by atomic mass is 10.1. The standard InChI is InChI=1S/C23H17N3O7S/c1-32-20-10-6-18(7-11-20)25-23(27)17(15-24)14-16-4-2-3-5-22(16)33-34(30,31)21-12-8-19(9-13-21)26(28)29/h2-14H,1H3,(H,25,27)/b17-14+. The Morgan fingerprint density at radius 2 is 1.71 bits per heavy atom. The number of nitrogens with zero attached hydrogens (tertiary/aromatic N) is 2. The Kier molecular flexibility index (Phi) is 7.25. The molecule has 0 aliphatic heterocycles. The van der Waals surface area contributed by atoms with Crippen LogP contribution in [0.5, 0.6) is 11.5 Å². The normalized spacial score (nSPS) is 11.2. The maximum absolute atomic E-state index is 12.7. The van der Waals surface area contributed by atoms with E-state index >= 15 is 0 Å². The summed E-state index contributed by atoms with van der Waals surface area (Å²) in [4.78, 5) is 22.4. The van der Waals surface area contributed by atoms with Crippen molar-refractivity contribution in [2.75, 3.05) is 12.4 Å². The average Bonchev–Trinajstić information content (AvgIpc) is 2.83. The molecule has 3 aromatic rings. The molecule has 3 rings (SSSR count). The van der Waals surface area contributed by atoms with Gasteiger partial charge in [0, 0.05) is 23.4 Å². The smallest absolute Gasteiger partial charge is 0.339 e. The number of ether oxygens (including phenoxy) is 1. The molecule has 0 aliphatic rings. The van der Waals surface area contributed by atoms with E-state index in [9.17, 15) is 28.6 Å². The highest BCUT2D eigenvalue weighted by Gasteiger charge is 2.20. The molecular formula is C23H17N3O7S. The van der Waals surface area contributed by atoms with E-state index in [1.165, 1.54) is 31.4 Å². The van der Waals surface area contributed by atoms with Crippen LogP contribution >= 0.6 is 0 Å². The fourth-order valence-corrected chi connectivity index (χ4v) is 3.71. The van der Waals surface area contributed by atoms with Crippen LogP contribution in [0, 0.1) is 21.4 Å². The molecule has 172 valence electrons. The quantitative estimate of drug-likeness (QED) is 0.168. The molecule has 0 aromatic heterocycles. The Balaban J connectivity index is 1.85. The summed E-state index contributed by atoms with van der Waals surface area (Å²) in [5.41, 5.74) is 0.0232.